The number of hydrogen-bond donors (Lipinski definition) is 0. The first kappa shape index (κ1) is 14.3. The smallest absolute Gasteiger partial charge is 0.0120 e. The maximum absolute atomic E-state index is 2.76. The van der Waals surface area contributed by atoms with Gasteiger partial charge in [-0.1, -0.05) is 0 Å². The molecule has 0 N–H and O–H groups in total. The fourth-order valence-electron chi connectivity index (χ4n) is 3.53. The zero-order chi connectivity index (χ0) is 13.1. The Morgan fingerprint density at radius 1 is 0.889 bits per heavy atom. The van der Waals surface area contributed by atoms with Crippen molar-refractivity contribution in [1.82, 2.24) is 14.7 Å². The molecule has 2 fully saturated rings. The van der Waals surface area contributed by atoms with E-state index in [4.69, 9.17) is 0 Å². The van der Waals surface area contributed by atoms with Crippen LogP contribution in [0.25, 0.3) is 0 Å². The van der Waals surface area contributed by atoms with Crippen molar-refractivity contribution in [1.29, 1.82) is 0 Å². The summed E-state index contributed by atoms with van der Waals surface area (Å²) in [5.41, 5.74) is 0. The third kappa shape index (κ3) is 3.46. The van der Waals surface area contributed by atoms with Gasteiger partial charge in [0.15, 0.2) is 0 Å². The van der Waals surface area contributed by atoms with Crippen LogP contribution in [0.2, 0.25) is 0 Å². The van der Waals surface area contributed by atoms with Crippen molar-refractivity contribution in [3.8, 4) is 0 Å². The molecule has 0 spiro atoms. The number of likely N-dealkylation sites (tertiary alicyclic amines) is 2. The largest absolute Gasteiger partial charge is 0.306 e. The van der Waals surface area contributed by atoms with Crippen LogP contribution >= 0.6 is 0 Å². The molecule has 2 aliphatic heterocycles. The van der Waals surface area contributed by atoms with E-state index >= 15 is 0 Å². The second-order valence-corrected chi connectivity index (χ2v) is 6.59. The first-order valence-electron chi connectivity index (χ1n) is 7.72. The lowest BCUT2D eigenvalue weighted by molar-refractivity contribution is 0.0591. The normalized spacial score (nSPS) is 26.3. The quantitative estimate of drug-likeness (QED) is 0.760. The zero-order valence-electron chi connectivity index (χ0n) is 12.7. The van der Waals surface area contributed by atoms with Crippen molar-refractivity contribution >= 4 is 0 Å². The molecule has 0 atom stereocenters. The van der Waals surface area contributed by atoms with E-state index in [2.05, 4.69) is 42.6 Å². The highest BCUT2D eigenvalue weighted by Crippen LogP contribution is 2.23. The lowest BCUT2D eigenvalue weighted by Gasteiger charge is -2.43. The highest BCUT2D eigenvalue weighted by Gasteiger charge is 2.29. The fourth-order valence-corrected chi connectivity index (χ4v) is 3.53. The molecule has 0 aliphatic carbocycles. The molecule has 0 bridgehead atoms. The van der Waals surface area contributed by atoms with Gasteiger partial charge in [0.2, 0.25) is 0 Å². The van der Waals surface area contributed by atoms with Gasteiger partial charge in [0, 0.05) is 18.1 Å². The maximum atomic E-state index is 2.76. The Labute approximate surface area is 113 Å². The van der Waals surface area contributed by atoms with Crippen molar-refractivity contribution in [3.05, 3.63) is 0 Å². The van der Waals surface area contributed by atoms with Crippen LogP contribution in [0.5, 0.6) is 0 Å². The molecule has 0 amide bonds. The van der Waals surface area contributed by atoms with Crippen LogP contribution in [0.15, 0.2) is 0 Å². The minimum atomic E-state index is 0.727. The van der Waals surface area contributed by atoms with Crippen molar-refractivity contribution < 1.29 is 0 Å². The monoisotopic (exact) mass is 253 g/mol. The molecule has 2 rings (SSSR count). The van der Waals surface area contributed by atoms with Gasteiger partial charge < -0.3 is 14.7 Å². The van der Waals surface area contributed by atoms with Gasteiger partial charge in [-0.3, -0.25) is 0 Å². The second kappa shape index (κ2) is 6.36. The summed E-state index contributed by atoms with van der Waals surface area (Å²) in [6.07, 6.45) is 5.48. The summed E-state index contributed by atoms with van der Waals surface area (Å²) < 4.78 is 0. The van der Waals surface area contributed by atoms with Gasteiger partial charge in [-0.15, -0.1) is 0 Å². The van der Waals surface area contributed by atoms with Crippen LogP contribution in [0, 0.1) is 0 Å². The van der Waals surface area contributed by atoms with Crippen molar-refractivity contribution in [2.75, 3.05) is 40.3 Å². The molecule has 0 radical (unpaired) electrons. The van der Waals surface area contributed by atoms with E-state index in [1.165, 1.54) is 51.9 Å². The number of nitrogens with zero attached hydrogens (tertiary/aromatic N) is 3. The van der Waals surface area contributed by atoms with Gasteiger partial charge >= 0.3 is 0 Å². The maximum Gasteiger partial charge on any atom is 0.0120 e. The summed E-state index contributed by atoms with van der Waals surface area (Å²) in [7, 11) is 4.45. The van der Waals surface area contributed by atoms with E-state index in [-0.39, 0.29) is 0 Å². The van der Waals surface area contributed by atoms with E-state index in [0.717, 1.165) is 18.1 Å². The van der Waals surface area contributed by atoms with Crippen molar-refractivity contribution in [3.63, 3.8) is 0 Å². The van der Waals surface area contributed by atoms with Crippen molar-refractivity contribution in [2.24, 2.45) is 0 Å². The molecule has 18 heavy (non-hydrogen) atoms. The summed E-state index contributed by atoms with van der Waals surface area (Å²) in [5.74, 6) is 0. The fraction of sp³-hybridized carbons (Fsp3) is 1.00. The SMILES string of the molecule is CC(C)N1CCC(N2CCC(N(C)C)CC2)CC1. The lowest BCUT2D eigenvalue weighted by Crippen LogP contribution is -2.51. The minimum absolute atomic E-state index is 0.727. The van der Waals surface area contributed by atoms with Crippen LogP contribution in [-0.4, -0.2) is 73.1 Å². The third-order valence-electron chi connectivity index (χ3n) is 4.98. The Kier molecular flexibility index (Phi) is 5.05. The molecule has 0 aromatic rings. The Hall–Kier alpha value is -0.120. The summed E-state index contributed by atoms with van der Waals surface area (Å²) in [5, 5.41) is 0. The van der Waals surface area contributed by atoms with Gasteiger partial charge in [-0.2, -0.15) is 0 Å². The van der Waals surface area contributed by atoms with E-state index in [1.54, 1.807) is 0 Å². The molecule has 0 aromatic carbocycles. The van der Waals surface area contributed by atoms with E-state index in [9.17, 15) is 0 Å². The third-order valence-corrected chi connectivity index (χ3v) is 4.98. The molecule has 3 heteroatoms. The molecule has 0 aromatic heterocycles. The molecule has 2 saturated heterocycles. The van der Waals surface area contributed by atoms with Crippen LogP contribution in [0.4, 0.5) is 0 Å². The Morgan fingerprint density at radius 2 is 1.44 bits per heavy atom. The molecule has 0 unspecified atom stereocenters. The minimum Gasteiger partial charge on any atom is -0.306 e. The Balaban J connectivity index is 1.75. The highest BCUT2D eigenvalue weighted by atomic mass is 15.2. The van der Waals surface area contributed by atoms with E-state index < -0.39 is 0 Å². The molecule has 0 saturated carbocycles. The van der Waals surface area contributed by atoms with Crippen LogP contribution < -0.4 is 0 Å². The van der Waals surface area contributed by atoms with Gasteiger partial charge in [0.05, 0.1) is 0 Å². The highest BCUT2D eigenvalue weighted by molar-refractivity contribution is 4.85. The first-order chi connectivity index (χ1) is 8.58. The number of rotatable bonds is 3. The molecule has 2 aliphatic rings. The molecular weight excluding hydrogens is 222 g/mol. The molecule has 3 nitrogen and oxygen atoms in total. The van der Waals surface area contributed by atoms with Gasteiger partial charge in [0.1, 0.15) is 0 Å². The van der Waals surface area contributed by atoms with Crippen LogP contribution in [0.1, 0.15) is 39.5 Å². The van der Waals surface area contributed by atoms with E-state index in [1.807, 2.05) is 0 Å². The van der Waals surface area contributed by atoms with Gasteiger partial charge in [-0.25, -0.2) is 0 Å². The predicted octanol–water partition coefficient (Wildman–Crippen LogP) is 1.89. The van der Waals surface area contributed by atoms with Gasteiger partial charge in [-0.05, 0) is 79.8 Å². The van der Waals surface area contributed by atoms with E-state index in [0.29, 0.717) is 0 Å². The molecular formula is C15H31N3. The average Bonchev–Trinajstić information content (AvgIpc) is 2.39. The summed E-state index contributed by atoms with van der Waals surface area (Å²) in [6.45, 7) is 9.88. The Bertz CT molecular complexity index is 210. The lowest BCUT2D eigenvalue weighted by atomic mass is 9.97. The molecule has 2 heterocycles. The number of piperidine rings is 2. The second-order valence-electron chi connectivity index (χ2n) is 6.59. The molecule has 106 valence electrons. The predicted molar refractivity (Wildman–Crippen MR) is 78.0 cm³/mol. The van der Waals surface area contributed by atoms with Crippen molar-refractivity contribution in [2.45, 2.75) is 57.7 Å². The van der Waals surface area contributed by atoms with Gasteiger partial charge in [0.25, 0.3) is 0 Å². The summed E-state index contributed by atoms with van der Waals surface area (Å²) >= 11 is 0. The average molecular weight is 253 g/mol. The topological polar surface area (TPSA) is 9.72 Å². The first-order valence-corrected chi connectivity index (χ1v) is 7.72. The zero-order valence-corrected chi connectivity index (χ0v) is 12.7. The van der Waals surface area contributed by atoms with Crippen LogP contribution in [0.3, 0.4) is 0 Å². The Morgan fingerprint density at radius 3 is 1.89 bits per heavy atom. The van der Waals surface area contributed by atoms with Crippen LogP contribution in [-0.2, 0) is 0 Å². The summed E-state index contributed by atoms with van der Waals surface area (Å²) in [4.78, 5) is 7.79. The number of hydrogen-bond acceptors (Lipinski definition) is 3. The standard InChI is InChI=1S/C15H31N3/c1-13(2)17-9-7-15(8-10-17)18-11-5-14(6-12-18)16(3)4/h13-15H,5-12H2,1-4H3. The summed E-state index contributed by atoms with van der Waals surface area (Å²) in [6, 6.07) is 2.41.